The first kappa shape index (κ1) is 19.5. The normalized spacial score (nSPS) is 11.9. The molecule has 7 heteroatoms. The second-order valence-corrected chi connectivity index (χ2v) is 6.50. The Labute approximate surface area is 167 Å². The van der Waals surface area contributed by atoms with Crippen molar-refractivity contribution in [2.24, 2.45) is 5.10 Å². The lowest BCUT2D eigenvalue weighted by atomic mass is 10.1. The molecule has 1 N–H and O–H groups in total. The van der Waals surface area contributed by atoms with E-state index in [-0.39, 0.29) is 11.3 Å². The van der Waals surface area contributed by atoms with Gasteiger partial charge < -0.3 is 0 Å². The fourth-order valence-electron chi connectivity index (χ4n) is 2.72. The molecular formula is C21H19ClN4O2. The number of aromatic nitrogens is 2. The highest BCUT2D eigenvalue weighted by molar-refractivity contribution is 6.41. The standard InChI is InChI=1S/C21H19ClN4O2/c1-2-12-26-21(28)18-11-7-6-10-17(18)19(25-26)20(27)24-23-14-16(22)13-15-8-4-3-5-9-15/h3-11,13-14H,2,12H2,1H3,(H,24,27)/b16-13-,23-14-. The Morgan fingerprint density at radius 3 is 2.54 bits per heavy atom. The van der Waals surface area contributed by atoms with Crippen molar-refractivity contribution in [3.8, 4) is 0 Å². The Morgan fingerprint density at radius 1 is 1.14 bits per heavy atom. The van der Waals surface area contributed by atoms with Crippen molar-refractivity contribution in [2.45, 2.75) is 19.9 Å². The predicted molar refractivity (Wildman–Crippen MR) is 113 cm³/mol. The van der Waals surface area contributed by atoms with Crippen molar-refractivity contribution >= 4 is 40.6 Å². The number of amides is 1. The SMILES string of the molecule is CCCn1nc(C(=O)N/N=C\C(Cl)=C\c2ccccc2)c2ccccc2c1=O. The fourth-order valence-corrected chi connectivity index (χ4v) is 2.89. The van der Waals surface area contributed by atoms with Crippen LogP contribution in [0.2, 0.25) is 0 Å². The number of carbonyl (C=O) groups excluding carboxylic acids is 1. The van der Waals surface area contributed by atoms with Crippen molar-refractivity contribution in [3.63, 3.8) is 0 Å². The van der Waals surface area contributed by atoms with Gasteiger partial charge in [-0.25, -0.2) is 10.1 Å². The van der Waals surface area contributed by atoms with E-state index in [1.165, 1.54) is 10.9 Å². The van der Waals surface area contributed by atoms with E-state index in [4.69, 9.17) is 11.6 Å². The first-order chi connectivity index (χ1) is 13.6. The zero-order valence-electron chi connectivity index (χ0n) is 15.3. The Morgan fingerprint density at radius 2 is 1.82 bits per heavy atom. The molecule has 28 heavy (non-hydrogen) atoms. The molecule has 6 nitrogen and oxygen atoms in total. The van der Waals surface area contributed by atoms with Crippen molar-refractivity contribution in [2.75, 3.05) is 0 Å². The second kappa shape index (κ2) is 9.10. The number of allylic oxidation sites excluding steroid dienone is 1. The largest absolute Gasteiger partial charge is 0.292 e. The van der Waals surface area contributed by atoms with Crippen molar-refractivity contribution in [1.82, 2.24) is 15.2 Å². The molecule has 0 aliphatic rings. The zero-order chi connectivity index (χ0) is 19.9. The molecular weight excluding hydrogens is 376 g/mol. The topological polar surface area (TPSA) is 76.3 Å². The molecule has 0 saturated carbocycles. The molecule has 142 valence electrons. The molecule has 3 aromatic rings. The van der Waals surface area contributed by atoms with E-state index in [1.807, 2.05) is 37.3 Å². The number of nitrogens with one attached hydrogen (secondary N) is 1. The Hall–Kier alpha value is -3.25. The number of hydrogen-bond donors (Lipinski definition) is 1. The van der Waals surface area contributed by atoms with E-state index in [9.17, 15) is 9.59 Å². The van der Waals surface area contributed by atoms with Gasteiger partial charge in [0.25, 0.3) is 11.5 Å². The summed E-state index contributed by atoms with van der Waals surface area (Å²) < 4.78 is 1.31. The van der Waals surface area contributed by atoms with Crippen LogP contribution in [-0.2, 0) is 6.54 Å². The molecule has 1 heterocycles. The van der Waals surface area contributed by atoms with Crippen LogP contribution in [0.4, 0.5) is 0 Å². The monoisotopic (exact) mass is 394 g/mol. The van der Waals surface area contributed by atoms with Gasteiger partial charge >= 0.3 is 0 Å². The van der Waals surface area contributed by atoms with Gasteiger partial charge in [-0.05, 0) is 24.1 Å². The Kier molecular flexibility index (Phi) is 6.34. The van der Waals surface area contributed by atoms with Gasteiger partial charge in [0.1, 0.15) is 0 Å². The summed E-state index contributed by atoms with van der Waals surface area (Å²) in [4.78, 5) is 25.1. The quantitative estimate of drug-likeness (QED) is 0.510. The summed E-state index contributed by atoms with van der Waals surface area (Å²) in [6, 6.07) is 16.4. The molecule has 0 aliphatic carbocycles. The van der Waals surface area contributed by atoms with E-state index in [2.05, 4.69) is 15.6 Å². The summed E-state index contributed by atoms with van der Waals surface area (Å²) >= 11 is 6.13. The van der Waals surface area contributed by atoms with Crippen LogP contribution < -0.4 is 11.0 Å². The number of hydrogen-bond acceptors (Lipinski definition) is 4. The number of carbonyl (C=O) groups is 1. The number of halogens is 1. The molecule has 0 unspecified atom stereocenters. The fraction of sp³-hybridized carbons (Fsp3) is 0.143. The number of hydrazone groups is 1. The molecule has 0 radical (unpaired) electrons. The minimum absolute atomic E-state index is 0.143. The maximum absolute atomic E-state index is 12.6. The molecule has 0 fully saturated rings. The summed E-state index contributed by atoms with van der Waals surface area (Å²) in [5.74, 6) is -0.513. The van der Waals surface area contributed by atoms with E-state index >= 15 is 0 Å². The first-order valence-electron chi connectivity index (χ1n) is 8.85. The van der Waals surface area contributed by atoms with E-state index < -0.39 is 5.91 Å². The van der Waals surface area contributed by atoms with Crippen LogP contribution in [0.3, 0.4) is 0 Å². The van der Waals surface area contributed by atoms with Crippen LogP contribution in [0.1, 0.15) is 29.4 Å². The third-order valence-electron chi connectivity index (χ3n) is 3.98. The molecule has 0 atom stereocenters. The molecule has 1 amide bonds. The summed E-state index contributed by atoms with van der Waals surface area (Å²) in [5, 5.41) is 9.42. The lowest BCUT2D eigenvalue weighted by Gasteiger charge is -2.09. The summed E-state index contributed by atoms with van der Waals surface area (Å²) in [6.45, 7) is 2.37. The zero-order valence-corrected chi connectivity index (χ0v) is 16.1. The van der Waals surface area contributed by atoms with Crippen LogP contribution in [0.25, 0.3) is 16.8 Å². The average Bonchev–Trinajstić information content (AvgIpc) is 2.71. The van der Waals surface area contributed by atoms with E-state index in [0.29, 0.717) is 22.3 Å². The van der Waals surface area contributed by atoms with Crippen LogP contribution in [-0.4, -0.2) is 21.9 Å². The van der Waals surface area contributed by atoms with Crippen molar-refractivity contribution in [3.05, 3.63) is 81.2 Å². The van der Waals surface area contributed by atoms with Gasteiger partial charge in [0, 0.05) is 11.9 Å². The Bertz CT molecular complexity index is 1100. The van der Waals surface area contributed by atoms with Crippen LogP contribution in [0.5, 0.6) is 0 Å². The molecule has 2 aromatic carbocycles. The highest BCUT2D eigenvalue weighted by Crippen LogP contribution is 2.13. The van der Waals surface area contributed by atoms with Gasteiger partial charge in [-0.1, -0.05) is 67.1 Å². The lowest BCUT2D eigenvalue weighted by molar-refractivity contribution is 0.0949. The molecule has 0 aliphatic heterocycles. The summed E-state index contributed by atoms with van der Waals surface area (Å²) in [5.41, 5.74) is 3.27. The van der Waals surface area contributed by atoms with Gasteiger partial charge in [0.05, 0.1) is 16.6 Å². The first-order valence-corrected chi connectivity index (χ1v) is 9.23. The van der Waals surface area contributed by atoms with Crippen LogP contribution in [0, 0.1) is 0 Å². The predicted octanol–water partition coefficient (Wildman–Crippen LogP) is 3.80. The lowest BCUT2D eigenvalue weighted by Crippen LogP contribution is -2.29. The van der Waals surface area contributed by atoms with Gasteiger partial charge in [-0.2, -0.15) is 10.2 Å². The second-order valence-electron chi connectivity index (χ2n) is 6.06. The van der Waals surface area contributed by atoms with Crippen LogP contribution in [0.15, 0.2) is 69.5 Å². The van der Waals surface area contributed by atoms with Gasteiger partial charge in [0.2, 0.25) is 0 Å². The van der Waals surface area contributed by atoms with Crippen molar-refractivity contribution < 1.29 is 4.79 Å². The molecule has 3 rings (SSSR count). The van der Waals surface area contributed by atoms with Gasteiger partial charge in [0.15, 0.2) is 5.69 Å². The molecule has 0 bridgehead atoms. The van der Waals surface area contributed by atoms with E-state index in [1.54, 1.807) is 30.3 Å². The molecule has 0 saturated heterocycles. The summed E-state index contributed by atoms with van der Waals surface area (Å²) in [6.07, 6.45) is 3.80. The van der Waals surface area contributed by atoms with Crippen molar-refractivity contribution in [1.29, 1.82) is 0 Å². The molecule has 0 spiro atoms. The van der Waals surface area contributed by atoms with Crippen LogP contribution >= 0.6 is 11.6 Å². The average molecular weight is 395 g/mol. The Balaban J connectivity index is 1.84. The highest BCUT2D eigenvalue weighted by atomic mass is 35.5. The summed E-state index contributed by atoms with van der Waals surface area (Å²) in [7, 11) is 0. The number of fused-ring (bicyclic) bond motifs is 1. The molecule has 1 aromatic heterocycles. The minimum Gasteiger partial charge on any atom is -0.267 e. The third-order valence-corrected chi connectivity index (χ3v) is 4.18. The smallest absolute Gasteiger partial charge is 0.267 e. The van der Waals surface area contributed by atoms with Gasteiger partial charge in [-0.3, -0.25) is 9.59 Å². The maximum atomic E-state index is 12.6. The number of benzene rings is 2. The van der Waals surface area contributed by atoms with E-state index in [0.717, 1.165) is 12.0 Å². The third kappa shape index (κ3) is 4.53. The maximum Gasteiger partial charge on any atom is 0.292 e. The minimum atomic E-state index is -0.513. The number of nitrogens with zero attached hydrogens (tertiary/aromatic N) is 3. The number of aryl methyl sites for hydroxylation is 1. The number of rotatable bonds is 6. The van der Waals surface area contributed by atoms with Gasteiger partial charge in [-0.15, -0.1) is 0 Å². The highest BCUT2D eigenvalue weighted by Gasteiger charge is 2.15.